The van der Waals surface area contributed by atoms with Gasteiger partial charge in [-0.2, -0.15) is 0 Å². The number of esters is 2. The van der Waals surface area contributed by atoms with Crippen molar-refractivity contribution in [1.29, 1.82) is 0 Å². The topological polar surface area (TPSA) is 126 Å². The summed E-state index contributed by atoms with van der Waals surface area (Å²) in [6.07, 6.45) is -0.187. The van der Waals surface area contributed by atoms with E-state index in [0.717, 1.165) is 17.1 Å². The molecule has 43 heavy (non-hydrogen) atoms. The smallest absolute Gasteiger partial charge is 0.355 e. The molecule has 0 spiro atoms. The van der Waals surface area contributed by atoms with Crippen LogP contribution in [0.15, 0.2) is 42.5 Å². The molecule has 3 aromatic carbocycles. The third-order valence-electron chi connectivity index (χ3n) is 9.40. The summed E-state index contributed by atoms with van der Waals surface area (Å²) in [4.78, 5) is 66.2. The van der Waals surface area contributed by atoms with E-state index in [2.05, 4.69) is 0 Å². The number of carbonyl (C=O) groups is 5. The second-order valence-electron chi connectivity index (χ2n) is 11.5. The zero-order valence-corrected chi connectivity index (χ0v) is 23.7. The molecule has 0 radical (unpaired) electrons. The van der Waals surface area contributed by atoms with E-state index in [-0.39, 0.29) is 18.9 Å². The number of imide groups is 1. The molecule has 216 valence electrons. The number of hydrogen-bond acceptors (Lipinski definition) is 8. The van der Waals surface area contributed by atoms with Gasteiger partial charge in [0.05, 0.1) is 41.3 Å². The first-order chi connectivity index (χ1) is 20.6. The second kappa shape index (κ2) is 8.07. The fourth-order valence-corrected chi connectivity index (χ4v) is 7.77. The van der Waals surface area contributed by atoms with Gasteiger partial charge >= 0.3 is 11.9 Å². The van der Waals surface area contributed by atoms with Crippen LogP contribution >= 0.6 is 0 Å². The van der Waals surface area contributed by atoms with Gasteiger partial charge in [0.1, 0.15) is 12.5 Å². The highest BCUT2D eigenvalue weighted by atomic mass is 16.6. The molecule has 3 atom stereocenters. The fraction of sp³-hybridized carbons (Fsp3) is 0.281. The molecule has 1 fully saturated rings. The molecule has 5 aromatic rings. The molecule has 3 aliphatic rings. The van der Waals surface area contributed by atoms with Crippen molar-refractivity contribution in [2.75, 3.05) is 7.11 Å². The van der Waals surface area contributed by atoms with Crippen LogP contribution in [0.3, 0.4) is 0 Å². The molecule has 11 heteroatoms. The van der Waals surface area contributed by atoms with Gasteiger partial charge in [-0.05, 0) is 36.8 Å². The number of nitrogens with zero attached hydrogens (tertiary/aromatic N) is 3. The number of ether oxygens (including phenoxy) is 3. The van der Waals surface area contributed by atoms with E-state index in [1.807, 2.05) is 33.4 Å². The Morgan fingerprint density at radius 1 is 1.02 bits per heavy atom. The fourth-order valence-electron chi connectivity index (χ4n) is 7.77. The maximum absolute atomic E-state index is 14.0. The van der Waals surface area contributed by atoms with Gasteiger partial charge < -0.3 is 23.3 Å². The minimum absolute atomic E-state index is 0.0527. The van der Waals surface area contributed by atoms with Gasteiger partial charge in [0.2, 0.25) is 5.91 Å². The van der Waals surface area contributed by atoms with Gasteiger partial charge in [-0.1, -0.05) is 18.2 Å². The zero-order chi connectivity index (χ0) is 30.2. The molecule has 5 heterocycles. The predicted octanol–water partition coefficient (Wildman–Crippen LogP) is 4.30. The number of hydrogen-bond donors (Lipinski definition) is 0. The van der Waals surface area contributed by atoms with Gasteiger partial charge in [0.15, 0.2) is 5.72 Å². The molecule has 8 rings (SSSR count). The van der Waals surface area contributed by atoms with Crippen molar-refractivity contribution in [3.05, 3.63) is 59.2 Å². The number of carbonyl (C=O) groups excluding carboxylic acids is 5. The van der Waals surface area contributed by atoms with Gasteiger partial charge in [-0.3, -0.25) is 24.1 Å². The molecule has 0 aliphatic carbocycles. The number of fused-ring (bicyclic) bond motifs is 13. The number of aldehydes is 1. The average molecular weight is 580 g/mol. The minimum Gasteiger partial charge on any atom is -0.466 e. The van der Waals surface area contributed by atoms with E-state index in [1.165, 1.54) is 25.9 Å². The van der Waals surface area contributed by atoms with E-state index < -0.39 is 35.4 Å². The predicted molar refractivity (Wildman–Crippen MR) is 153 cm³/mol. The van der Waals surface area contributed by atoms with Crippen molar-refractivity contribution in [2.45, 2.75) is 51.3 Å². The van der Waals surface area contributed by atoms with Crippen LogP contribution in [0.1, 0.15) is 59.7 Å². The van der Waals surface area contributed by atoms with E-state index in [4.69, 9.17) is 14.2 Å². The number of rotatable bonds is 3. The Hall–Kier alpha value is -5.03. The lowest BCUT2D eigenvalue weighted by atomic mass is 9.88. The standard InChI is InChI=1S/C32H25N3O8/c1-15(37)33-13-20-24-18-7-5-6-8-22(18)35-28(24)27-25(26(20)29(33)39)19-11-17(14-36)9-10-21(19)34(27)23-12-32(30(40)41-4,42-16(2)38)31(35,3)43-23/h5-11,14,23H,12-13H2,1-4H3/t23-,31+,32+/m1/s1. The van der Waals surface area contributed by atoms with Crippen LogP contribution in [0.4, 0.5) is 0 Å². The molecular weight excluding hydrogens is 554 g/mol. The highest BCUT2D eigenvalue weighted by Crippen LogP contribution is 2.59. The third kappa shape index (κ3) is 2.80. The molecule has 0 N–H and O–H groups in total. The Morgan fingerprint density at radius 3 is 2.49 bits per heavy atom. The maximum atomic E-state index is 14.0. The molecular formula is C32H25N3O8. The summed E-state index contributed by atoms with van der Waals surface area (Å²) in [6, 6.07) is 12.7. The lowest BCUT2D eigenvalue weighted by Gasteiger charge is -2.40. The summed E-state index contributed by atoms with van der Waals surface area (Å²) in [5.41, 5.74) is 0.648. The summed E-state index contributed by atoms with van der Waals surface area (Å²) in [5, 5.41) is 2.73. The van der Waals surface area contributed by atoms with Crippen molar-refractivity contribution in [3.8, 4) is 0 Å². The Bertz CT molecular complexity index is 2190. The lowest BCUT2D eigenvalue weighted by Crippen LogP contribution is -2.58. The molecule has 0 unspecified atom stereocenters. The van der Waals surface area contributed by atoms with Crippen molar-refractivity contribution in [3.63, 3.8) is 0 Å². The Balaban J connectivity index is 1.68. The van der Waals surface area contributed by atoms with Crippen LogP contribution in [0.25, 0.3) is 43.6 Å². The SMILES string of the molecule is COC(=O)[C@@]1(OC(C)=O)C[C@H]2O[C@]1(C)n1c3ccccc3c3c4c(c5c6cc(C=O)ccc6n2c5c31)C(=O)N(C(C)=O)C4. The van der Waals surface area contributed by atoms with Gasteiger partial charge in [0, 0.05) is 47.4 Å². The lowest BCUT2D eigenvalue weighted by molar-refractivity contribution is -0.217. The highest BCUT2D eigenvalue weighted by Gasteiger charge is 2.69. The van der Waals surface area contributed by atoms with Crippen LogP contribution in [-0.4, -0.2) is 56.8 Å². The van der Waals surface area contributed by atoms with Crippen LogP contribution in [0.2, 0.25) is 0 Å². The van der Waals surface area contributed by atoms with Crippen LogP contribution in [0.5, 0.6) is 0 Å². The number of benzene rings is 3. The first-order valence-corrected chi connectivity index (χ1v) is 13.9. The second-order valence-corrected chi connectivity index (χ2v) is 11.5. The number of methoxy groups -OCH3 is 1. The molecule has 2 aromatic heterocycles. The number of aromatic nitrogens is 2. The quantitative estimate of drug-likeness (QED) is 0.229. The zero-order valence-electron chi connectivity index (χ0n) is 23.7. The monoisotopic (exact) mass is 579 g/mol. The molecule has 2 bridgehead atoms. The van der Waals surface area contributed by atoms with Crippen LogP contribution < -0.4 is 0 Å². The van der Waals surface area contributed by atoms with Crippen molar-refractivity contribution in [2.24, 2.45) is 0 Å². The summed E-state index contributed by atoms with van der Waals surface area (Å²) < 4.78 is 21.9. The third-order valence-corrected chi connectivity index (χ3v) is 9.40. The maximum Gasteiger partial charge on any atom is 0.355 e. The van der Waals surface area contributed by atoms with Crippen molar-refractivity contribution in [1.82, 2.24) is 14.0 Å². The van der Waals surface area contributed by atoms with Crippen molar-refractivity contribution >= 4 is 73.7 Å². The summed E-state index contributed by atoms with van der Waals surface area (Å²) >= 11 is 0. The molecule has 11 nitrogen and oxygen atoms in total. The summed E-state index contributed by atoms with van der Waals surface area (Å²) in [5.74, 6) is -2.24. The van der Waals surface area contributed by atoms with Crippen LogP contribution in [-0.2, 0) is 40.9 Å². The average Bonchev–Trinajstić information content (AvgIpc) is 3.67. The summed E-state index contributed by atoms with van der Waals surface area (Å²) in [7, 11) is 1.24. The normalized spacial score (nSPS) is 23.9. The highest BCUT2D eigenvalue weighted by molar-refractivity contribution is 6.32. The molecule has 0 saturated carbocycles. The van der Waals surface area contributed by atoms with Crippen LogP contribution in [0, 0.1) is 0 Å². The molecule has 3 aliphatic heterocycles. The molecule has 1 saturated heterocycles. The minimum atomic E-state index is -1.88. The summed E-state index contributed by atoms with van der Waals surface area (Å²) in [6.45, 7) is 4.36. The Labute approximate surface area is 243 Å². The van der Waals surface area contributed by atoms with E-state index in [9.17, 15) is 24.0 Å². The Morgan fingerprint density at radius 2 is 1.79 bits per heavy atom. The molecule has 2 amide bonds. The Kier molecular flexibility index (Phi) is 4.82. The van der Waals surface area contributed by atoms with E-state index >= 15 is 0 Å². The van der Waals surface area contributed by atoms with E-state index in [1.54, 1.807) is 25.1 Å². The van der Waals surface area contributed by atoms with Gasteiger partial charge in [0.25, 0.3) is 11.5 Å². The largest absolute Gasteiger partial charge is 0.466 e. The van der Waals surface area contributed by atoms with Gasteiger partial charge in [-0.25, -0.2) is 4.79 Å². The number of para-hydroxylation sites is 1. The first-order valence-electron chi connectivity index (χ1n) is 13.9. The van der Waals surface area contributed by atoms with E-state index in [0.29, 0.717) is 49.5 Å². The van der Waals surface area contributed by atoms with Crippen molar-refractivity contribution < 1.29 is 38.2 Å². The first kappa shape index (κ1) is 25.7. The number of amides is 2. The van der Waals surface area contributed by atoms with Gasteiger partial charge in [-0.15, -0.1) is 0 Å².